The molecule has 1 aromatic heterocycles. The van der Waals surface area contributed by atoms with Crippen LogP contribution in [0.3, 0.4) is 0 Å². The first-order valence-electron chi connectivity index (χ1n) is 8.98. The molecule has 6 heteroatoms. The van der Waals surface area contributed by atoms with Crippen molar-refractivity contribution in [3.05, 3.63) is 77.9 Å². The van der Waals surface area contributed by atoms with Crippen molar-refractivity contribution < 1.29 is 14.3 Å². The number of benzene rings is 2. The van der Waals surface area contributed by atoms with Crippen LogP contribution in [-0.4, -0.2) is 29.2 Å². The fourth-order valence-corrected chi connectivity index (χ4v) is 3.26. The van der Waals surface area contributed by atoms with Crippen molar-refractivity contribution in [1.82, 2.24) is 15.3 Å². The highest BCUT2D eigenvalue weighted by Gasteiger charge is 2.21. The van der Waals surface area contributed by atoms with Gasteiger partial charge in [-0.15, -0.1) is 0 Å². The van der Waals surface area contributed by atoms with E-state index in [2.05, 4.69) is 15.3 Å². The van der Waals surface area contributed by atoms with Crippen LogP contribution in [0.15, 0.2) is 61.1 Å². The zero-order valence-corrected chi connectivity index (χ0v) is 14.9. The van der Waals surface area contributed by atoms with Gasteiger partial charge in [0.25, 0.3) is 0 Å². The molecule has 0 saturated carbocycles. The van der Waals surface area contributed by atoms with Crippen molar-refractivity contribution in [2.75, 3.05) is 13.3 Å². The lowest BCUT2D eigenvalue weighted by Crippen LogP contribution is -2.27. The van der Waals surface area contributed by atoms with Crippen LogP contribution >= 0.6 is 0 Å². The minimum absolute atomic E-state index is 0.0148. The summed E-state index contributed by atoms with van der Waals surface area (Å²) in [5, 5.41) is 3.00. The third-order valence-electron chi connectivity index (χ3n) is 4.66. The van der Waals surface area contributed by atoms with Crippen molar-refractivity contribution in [1.29, 1.82) is 0 Å². The number of nitrogens with zero attached hydrogens (tertiary/aromatic N) is 1. The van der Waals surface area contributed by atoms with Crippen molar-refractivity contribution in [3.8, 4) is 11.5 Å². The minimum atomic E-state index is -0.0483. The Balaban J connectivity index is 1.47. The van der Waals surface area contributed by atoms with Gasteiger partial charge >= 0.3 is 0 Å². The zero-order chi connectivity index (χ0) is 18.5. The topological polar surface area (TPSA) is 76.2 Å². The summed E-state index contributed by atoms with van der Waals surface area (Å²) in [5.74, 6) is 1.44. The summed E-state index contributed by atoms with van der Waals surface area (Å²) in [7, 11) is 0. The predicted octanol–water partition coefficient (Wildman–Crippen LogP) is 3.02. The van der Waals surface area contributed by atoms with Gasteiger partial charge in [-0.3, -0.25) is 4.79 Å². The molecule has 1 aliphatic rings. The van der Waals surface area contributed by atoms with Gasteiger partial charge in [-0.25, -0.2) is 4.98 Å². The lowest BCUT2D eigenvalue weighted by Gasteiger charge is -2.18. The summed E-state index contributed by atoms with van der Waals surface area (Å²) in [6.07, 6.45) is 4.51. The molecule has 1 aliphatic heterocycles. The monoisotopic (exact) mass is 363 g/mol. The van der Waals surface area contributed by atoms with Crippen LogP contribution in [0.1, 0.15) is 29.2 Å². The van der Waals surface area contributed by atoms with Crippen molar-refractivity contribution in [2.24, 2.45) is 0 Å². The smallest absolute Gasteiger partial charge is 0.231 e. The molecule has 1 atom stereocenters. The second-order valence-electron chi connectivity index (χ2n) is 6.46. The van der Waals surface area contributed by atoms with Crippen molar-refractivity contribution >= 4 is 5.91 Å². The average molecular weight is 363 g/mol. The summed E-state index contributed by atoms with van der Waals surface area (Å²) in [4.78, 5) is 19.6. The largest absolute Gasteiger partial charge is 0.454 e. The lowest BCUT2D eigenvalue weighted by molar-refractivity contribution is -0.121. The van der Waals surface area contributed by atoms with E-state index in [0.717, 1.165) is 34.7 Å². The van der Waals surface area contributed by atoms with Crippen molar-refractivity contribution in [3.63, 3.8) is 0 Å². The summed E-state index contributed by atoms with van der Waals surface area (Å²) < 4.78 is 10.9. The van der Waals surface area contributed by atoms with Gasteiger partial charge in [0.1, 0.15) is 0 Å². The Bertz CT molecular complexity index is 894. The number of nitrogens with one attached hydrogen (secondary N) is 2. The third-order valence-corrected chi connectivity index (χ3v) is 4.66. The summed E-state index contributed by atoms with van der Waals surface area (Å²) in [6, 6.07) is 15.9. The van der Waals surface area contributed by atoms with E-state index in [0.29, 0.717) is 13.0 Å². The molecular weight excluding hydrogens is 342 g/mol. The number of fused-ring (bicyclic) bond motifs is 1. The molecule has 6 nitrogen and oxygen atoms in total. The number of H-pyrrole nitrogens is 1. The van der Waals surface area contributed by atoms with E-state index in [-0.39, 0.29) is 18.6 Å². The SMILES string of the molecule is O=C(C[C@@H](c1ccccc1)c1ccc2c(c1)OCO2)NCCc1cnc[nH]1. The van der Waals surface area contributed by atoms with Gasteiger partial charge in [-0.2, -0.15) is 0 Å². The van der Waals surface area contributed by atoms with E-state index >= 15 is 0 Å². The van der Waals surface area contributed by atoms with E-state index in [1.54, 1.807) is 12.5 Å². The summed E-state index contributed by atoms with van der Waals surface area (Å²) in [5.41, 5.74) is 3.14. The maximum atomic E-state index is 12.6. The molecule has 0 radical (unpaired) electrons. The molecule has 2 heterocycles. The van der Waals surface area contributed by atoms with Crippen LogP contribution in [0.2, 0.25) is 0 Å². The number of ether oxygens (including phenoxy) is 2. The van der Waals surface area contributed by atoms with Gasteiger partial charge in [0.15, 0.2) is 11.5 Å². The van der Waals surface area contributed by atoms with Gasteiger partial charge in [0, 0.05) is 37.2 Å². The number of imidazole rings is 1. The predicted molar refractivity (Wildman–Crippen MR) is 101 cm³/mol. The number of hydrogen-bond donors (Lipinski definition) is 2. The number of amides is 1. The maximum Gasteiger partial charge on any atom is 0.231 e. The Morgan fingerprint density at radius 2 is 1.96 bits per heavy atom. The Morgan fingerprint density at radius 3 is 2.78 bits per heavy atom. The molecule has 2 aromatic carbocycles. The highest BCUT2D eigenvalue weighted by molar-refractivity contribution is 5.77. The molecule has 0 aliphatic carbocycles. The summed E-state index contributed by atoms with van der Waals surface area (Å²) >= 11 is 0. The first kappa shape index (κ1) is 17.1. The normalized spacial score (nSPS) is 13.3. The van der Waals surface area contributed by atoms with Crippen LogP contribution in [0.4, 0.5) is 0 Å². The Labute approximate surface area is 157 Å². The molecule has 27 heavy (non-hydrogen) atoms. The minimum Gasteiger partial charge on any atom is -0.454 e. The summed E-state index contributed by atoms with van der Waals surface area (Å²) in [6.45, 7) is 0.812. The third kappa shape index (κ3) is 4.11. The first-order chi connectivity index (χ1) is 13.3. The van der Waals surface area contributed by atoms with E-state index < -0.39 is 0 Å². The van der Waals surface area contributed by atoms with Gasteiger partial charge in [-0.1, -0.05) is 36.4 Å². The molecular formula is C21H21N3O3. The standard InChI is InChI=1S/C21H21N3O3/c25-21(23-9-8-17-12-22-13-24-17)11-18(15-4-2-1-3-5-15)16-6-7-19-20(10-16)27-14-26-19/h1-7,10,12-13,18H,8-9,11,14H2,(H,22,24)(H,23,25)/t18-/m0/s1. The molecule has 0 bridgehead atoms. The molecule has 3 aromatic rings. The lowest BCUT2D eigenvalue weighted by atomic mass is 9.88. The van der Waals surface area contributed by atoms with Gasteiger partial charge in [-0.05, 0) is 23.3 Å². The average Bonchev–Trinajstić information content (AvgIpc) is 3.38. The fourth-order valence-electron chi connectivity index (χ4n) is 3.26. The number of carbonyl (C=O) groups excluding carboxylic acids is 1. The van der Waals surface area contributed by atoms with Crippen molar-refractivity contribution in [2.45, 2.75) is 18.8 Å². The van der Waals surface area contributed by atoms with Crippen LogP contribution < -0.4 is 14.8 Å². The number of carbonyl (C=O) groups is 1. The van der Waals surface area contributed by atoms with Crippen LogP contribution in [0.25, 0.3) is 0 Å². The van der Waals surface area contributed by atoms with Crippen LogP contribution in [0, 0.1) is 0 Å². The Hall–Kier alpha value is -3.28. The molecule has 1 amide bonds. The maximum absolute atomic E-state index is 12.6. The molecule has 0 saturated heterocycles. The first-order valence-corrected chi connectivity index (χ1v) is 8.98. The highest BCUT2D eigenvalue weighted by atomic mass is 16.7. The number of aromatic amines is 1. The molecule has 0 unspecified atom stereocenters. The zero-order valence-electron chi connectivity index (χ0n) is 14.9. The van der Waals surface area contributed by atoms with Crippen LogP contribution in [0.5, 0.6) is 11.5 Å². The van der Waals surface area contributed by atoms with Gasteiger partial charge in [0.2, 0.25) is 12.7 Å². The molecule has 2 N–H and O–H groups in total. The second-order valence-corrected chi connectivity index (χ2v) is 6.46. The van der Waals surface area contributed by atoms with E-state index in [1.165, 1.54) is 0 Å². The number of aromatic nitrogens is 2. The quantitative estimate of drug-likeness (QED) is 0.677. The second kappa shape index (κ2) is 7.95. The van der Waals surface area contributed by atoms with Crippen LogP contribution in [-0.2, 0) is 11.2 Å². The number of hydrogen-bond acceptors (Lipinski definition) is 4. The van der Waals surface area contributed by atoms with Gasteiger partial charge in [0.05, 0.1) is 6.33 Å². The highest BCUT2D eigenvalue weighted by Crippen LogP contribution is 2.37. The molecule has 4 rings (SSSR count). The molecule has 138 valence electrons. The molecule has 0 fully saturated rings. The Morgan fingerprint density at radius 1 is 1.11 bits per heavy atom. The van der Waals surface area contributed by atoms with E-state index in [4.69, 9.17) is 9.47 Å². The Kier molecular flexibility index (Phi) is 5.05. The number of rotatable bonds is 7. The van der Waals surface area contributed by atoms with E-state index in [1.807, 2.05) is 48.5 Å². The van der Waals surface area contributed by atoms with Gasteiger partial charge < -0.3 is 19.8 Å². The fraction of sp³-hybridized carbons (Fsp3) is 0.238. The van der Waals surface area contributed by atoms with E-state index in [9.17, 15) is 4.79 Å². The molecule has 0 spiro atoms.